The summed E-state index contributed by atoms with van der Waals surface area (Å²) in [5.74, 6) is -1.90. The number of nitrogens with zero attached hydrogens (tertiary/aromatic N) is 2. The van der Waals surface area contributed by atoms with Crippen LogP contribution in [0.3, 0.4) is 0 Å². The highest BCUT2D eigenvalue weighted by atomic mass is 16.6. The van der Waals surface area contributed by atoms with Crippen molar-refractivity contribution in [2.75, 3.05) is 67.0 Å². The molecule has 3 aliphatic heterocycles. The zero-order valence-electron chi connectivity index (χ0n) is 16.9. The molecule has 0 N–H and O–H groups in total. The average molecular weight is 430 g/mol. The van der Waals surface area contributed by atoms with Crippen LogP contribution in [-0.2, 0) is 47.6 Å². The number of hydrogen-bond acceptors (Lipinski definition) is 10. The number of rotatable bonds is 0. The fourth-order valence-corrected chi connectivity index (χ4v) is 3.27. The Labute approximate surface area is 173 Å². The summed E-state index contributed by atoms with van der Waals surface area (Å²) < 4.78 is 32.8. The van der Waals surface area contributed by atoms with Crippen molar-refractivity contribution >= 4 is 23.6 Å². The minimum atomic E-state index is -1.04. The van der Waals surface area contributed by atoms with Crippen LogP contribution in [0.4, 0.5) is 0 Å². The van der Waals surface area contributed by atoms with E-state index in [0.29, 0.717) is 0 Å². The number of ether oxygens (including phenoxy) is 6. The molecule has 3 fully saturated rings. The maximum atomic E-state index is 12.2. The van der Waals surface area contributed by atoms with E-state index in [4.69, 9.17) is 28.4 Å². The first kappa shape index (κ1) is 22.7. The van der Waals surface area contributed by atoms with Crippen LogP contribution in [0.1, 0.15) is 0 Å². The predicted molar refractivity (Wildman–Crippen MR) is 96.2 cm³/mol. The minimum Gasteiger partial charge on any atom is -0.377 e. The molecule has 3 aliphatic rings. The van der Waals surface area contributed by atoms with E-state index in [0.717, 1.165) is 9.80 Å². The molecule has 12 nitrogen and oxygen atoms in total. The molecule has 0 aromatic heterocycles. The van der Waals surface area contributed by atoms with E-state index in [-0.39, 0.29) is 52.9 Å². The SMILES string of the molecule is CN1C(=O)C2OCCOCCOC3C(=O)N(C)C(=O)C3OCCOCCOC2C1=O. The van der Waals surface area contributed by atoms with Crippen LogP contribution < -0.4 is 0 Å². The van der Waals surface area contributed by atoms with Crippen molar-refractivity contribution in [3.63, 3.8) is 0 Å². The normalized spacial score (nSPS) is 33.3. The third kappa shape index (κ3) is 4.85. The van der Waals surface area contributed by atoms with Crippen LogP contribution in [0.15, 0.2) is 0 Å². The van der Waals surface area contributed by atoms with Crippen LogP contribution in [-0.4, -0.2) is 125 Å². The first-order valence-corrected chi connectivity index (χ1v) is 9.68. The van der Waals surface area contributed by atoms with E-state index in [9.17, 15) is 19.2 Å². The van der Waals surface area contributed by atoms with Gasteiger partial charge in [0, 0.05) is 14.1 Å². The number of imide groups is 2. The molecule has 4 amide bonds. The maximum absolute atomic E-state index is 12.2. The summed E-state index contributed by atoms with van der Waals surface area (Å²) in [4.78, 5) is 50.7. The Kier molecular flexibility index (Phi) is 7.86. The van der Waals surface area contributed by atoms with Gasteiger partial charge in [-0.1, -0.05) is 0 Å². The Morgan fingerprint density at radius 3 is 0.967 bits per heavy atom. The van der Waals surface area contributed by atoms with Crippen LogP contribution >= 0.6 is 0 Å². The maximum Gasteiger partial charge on any atom is 0.261 e. The number of likely N-dealkylation sites (tertiary alicyclic amines) is 2. The van der Waals surface area contributed by atoms with Crippen molar-refractivity contribution in [1.29, 1.82) is 0 Å². The molecule has 0 bridgehead atoms. The minimum absolute atomic E-state index is 0.0587. The van der Waals surface area contributed by atoms with Crippen LogP contribution in [0.2, 0.25) is 0 Å². The number of fused-ring (bicyclic) bond motifs is 2. The van der Waals surface area contributed by atoms with E-state index in [1.807, 2.05) is 0 Å². The van der Waals surface area contributed by atoms with Crippen molar-refractivity contribution in [2.45, 2.75) is 24.4 Å². The molecule has 4 unspecified atom stereocenters. The van der Waals surface area contributed by atoms with Crippen LogP contribution in [0, 0.1) is 0 Å². The van der Waals surface area contributed by atoms with Gasteiger partial charge in [0.15, 0.2) is 24.4 Å². The Morgan fingerprint density at radius 2 is 0.733 bits per heavy atom. The Balaban J connectivity index is 1.58. The third-order valence-electron chi connectivity index (χ3n) is 4.95. The van der Waals surface area contributed by atoms with E-state index in [1.165, 1.54) is 14.1 Å². The summed E-state index contributed by atoms with van der Waals surface area (Å²) in [5, 5.41) is 0. The molecule has 0 saturated carbocycles. The van der Waals surface area contributed by atoms with Crippen LogP contribution in [0.5, 0.6) is 0 Å². The van der Waals surface area contributed by atoms with Gasteiger partial charge in [0.25, 0.3) is 23.6 Å². The van der Waals surface area contributed by atoms with Crippen molar-refractivity contribution in [3.05, 3.63) is 0 Å². The fourth-order valence-electron chi connectivity index (χ4n) is 3.27. The topological polar surface area (TPSA) is 130 Å². The number of amides is 4. The molecule has 3 heterocycles. The van der Waals surface area contributed by atoms with E-state index in [1.54, 1.807) is 0 Å². The molecule has 12 heteroatoms. The average Bonchev–Trinajstić information content (AvgIpc) is 3.06. The van der Waals surface area contributed by atoms with Crippen molar-refractivity contribution in [2.24, 2.45) is 0 Å². The van der Waals surface area contributed by atoms with E-state index >= 15 is 0 Å². The zero-order chi connectivity index (χ0) is 21.7. The lowest BCUT2D eigenvalue weighted by Gasteiger charge is -2.19. The summed E-state index contributed by atoms with van der Waals surface area (Å²) in [5.41, 5.74) is 0. The number of likely N-dealkylation sites (N-methyl/N-ethyl adjacent to an activating group) is 2. The molecule has 0 aromatic carbocycles. The molecular weight excluding hydrogens is 404 g/mol. The quantitative estimate of drug-likeness (QED) is 0.382. The summed E-state index contributed by atoms with van der Waals surface area (Å²) in [7, 11) is 2.75. The fraction of sp³-hybridized carbons (Fsp3) is 0.778. The van der Waals surface area contributed by atoms with Gasteiger partial charge in [-0.15, -0.1) is 0 Å². The summed E-state index contributed by atoms with van der Waals surface area (Å²) in [6.45, 7) is 0.784. The van der Waals surface area contributed by atoms with Gasteiger partial charge >= 0.3 is 0 Å². The molecule has 0 radical (unpaired) electrons. The van der Waals surface area contributed by atoms with Gasteiger partial charge in [-0.2, -0.15) is 0 Å². The number of hydrogen-bond donors (Lipinski definition) is 0. The Hall–Kier alpha value is -1.96. The van der Waals surface area contributed by atoms with Gasteiger partial charge < -0.3 is 28.4 Å². The van der Waals surface area contributed by atoms with Gasteiger partial charge in [-0.3, -0.25) is 29.0 Å². The van der Waals surface area contributed by atoms with Crippen molar-refractivity contribution < 1.29 is 47.6 Å². The van der Waals surface area contributed by atoms with Gasteiger partial charge in [-0.25, -0.2) is 0 Å². The second-order valence-electron chi connectivity index (χ2n) is 6.86. The smallest absolute Gasteiger partial charge is 0.261 e. The van der Waals surface area contributed by atoms with Crippen LogP contribution in [0.25, 0.3) is 0 Å². The molecule has 3 saturated heterocycles. The van der Waals surface area contributed by atoms with Crippen molar-refractivity contribution in [3.8, 4) is 0 Å². The largest absolute Gasteiger partial charge is 0.377 e. The Bertz CT molecular complexity index is 563. The first-order valence-electron chi connectivity index (χ1n) is 9.68. The Morgan fingerprint density at radius 1 is 0.500 bits per heavy atom. The molecular formula is C18H26N2O10. The molecule has 30 heavy (non-hydrogen) atoms. The lowest BCUT2D eigenvalue weighted by atomic mass is 10.2. The molecule has 3 rings (SSSR count). The monoisotopic (exact) mass is 430 g/mol. The predicted octanol–water partition coefficient (Wildman–Crippen LogP) is -2.43. The van der Waals surface area contributed by atoms with Crippen molar-refractivity contribution in [1.82, 2.24) is 9.80 Å². The highest BCUT2D eigenvalue weighted by Gasteiger charge is 2.48. The highest BCUT2D eigenvalue weighted by Crippen LogP contribution is 2.20. The molecule has 0 aliphatic carbocycles. The number of carbonyl (C=O) groups is 4. The highest BCUT2D eigenvalue weighted by molar-refractivity contribution is 6.08. The van der Waals surface area contributed by atoms with Gasteiger partial charge in [0.1, 0.15) is 0 Å². The lowest BCUT2D eigenvalue weighted by Crippen LogP contribution is -2.37. The molecule has 4 atom stereocenters. The van der Waals surface area contributed by atoms with Gasteiger partial charge in [0.2, 0.25) is 0 Å². The van der Waals surface area contributed by atoms with Gasteiger partial charge in [-0.05, 0) is 0 Å². The van der Waals surface area contributed by atoms with E-state index < -0.39 is 48.0 Å². The zero-order valence-corrected chi connectivity index (χ0v) is 16.9. The van der Waals surface area contributed by atoms with Gasteiger partial charge in [0.05, 0.1) is 52.9 Å². The second kappa shape index (κ2) is 10.4. The third-order valence-corrected chi connectivity index (χ3v) is 4.95. The summed E-state index contributed by atoms with van der Waals surface area (Å²) >= 11 is 0. The summed E-state index contributed by atoms with van der Waals surface area (Å²) in [6.07, 6.45) is -4.16. The summed E-state index contributed by atoms with van der Waals surface area (Å²) in [6, 6.07) is 0. The first-order chi connectivity index (χ1) is 14.4. The van der Waals surface area contributed by atoms with E-state index in [2.05, 4.69) is 0 Å². The standard InChI is InChI=1S/C18H26N2O10/c1-19-15(21)11-12(16(19)22)28-8-4-26-6-10-30-14-13(17(23)20(2)18(14)24)29-9-5-25-3-7-27-11/h11-14H,3-10H2,1-2H3. The molecule has 0 spiro atoms. The lowest BCUT2D eigenvalue weighted by molar-refractivity contribution is -0.148. The molecule has 168 valence electrons. The number of carbonyl (C=O) groups excluding carboxylic acids is 4. The second-order valence-corrected chi connectivity index (χ2v) is 6.86. The molecule has 0 aromatic rings.